The predicted octanol–water partition coefficient (Wildman–Crippen LogP) is 2.55. The lowest BCUT2D eigenvalue weighted by Gasteiger charge is -2.26. The fourth-order valence-electron chi connectivity index (χ4n) is 2.56. The van der Waals surface area contributed by atoms with Gasteiger partial charge in [0.05, 0.1) is 13.5 Å². The van der Waals surface area contributed by atoms with Crippen LogP contribution >= 0.6 is 0 Å². The van der Waals surface area contributed by atoms with Crippen LogP contribution in [0.2, 0.25) is 0 Å². The molecule has 0 saturated carbocycles. The van der Waals surface area contributed by atoms with Crippen LogP contribution in [0.15, 0.2) is 36.4 Å². The number of methoxy groups -OCH3 is 1. The lowest BCUT2D eigenvalue weighted by Crippen LogP contribution is -2.21. The summed E-state index contributed by atoms with van der Waals surface area (Å²) in [5.74, 6) is 0.221. The van der Waals surface area contributed by atoms with E-state index in [0.29, 0.717) is 17.1 Å². The van der Waals surface area contributed by atoms with Crippen molar-refractivity contribution in [2.24, 2.45) is 0 Å². The summed E-state index contributed by atoms with van der Waals surface area (Å²) in [6.45, 7) is 0. The van der Waals surface area contributed by atoms with E-state index in [1.807, 2.05) is 0 Å². The van der Waals surface area contributed by atoms with E-state index >= 15 is 0 Å². The smallest absolute Gasteiger partial charge is 0.312 e. The minimum absolute atomic E-state index is 0.0231. The number of carbonyl (C=O) groups is 1. The molecule has 21 heavy (non-hydrogen) atoms. The molecule has 5 nitrogen and oxygen atoms in total. The molecule has 3 rings (SSSR count). The zero-order valence-electron chi connectivity index (χ0n) is 11.4. The van der Waals surface area contributed by atoms with Crippen molar-refractivity contribution in [3.05, 3.63) is 47.5 Å². The standard InChI is InChI=1S/C16H14O5/c1-20-11-6-13(18)16-12(8-15(19)21-14(16)7-11)9-2-4-10(17)5-3-9/h2-7,12,17-18H,8H2,1H3/t12-/m0/s1. The van der Waals surface area contributed by atoms with Crippen LogP contribution in [0.5, 0.6) is 23.0 Å². The number of benzene rings is 2. The highest BCUT2D eigenvalue weighted by atomic mass is 16.5. The molecule has 1 heterocycles. The van der Waals surface area contributed by atoms with Crippen molar-refractivity contribution >= 4 is 5.97 Å². The molecule has 0 amide bonds. The van der Waals surface area contributed by atoms with Crippen LogP contribution in [0, 0.1) is 0 Å². The third-order valence-corrected chi connectivity index (χ3v) is 3.57. The fourth-order valence-corrected chi connectivity index (χ4v) is 2.56. The highest BCUT2D eigenvalue weighted by Gasteiger charge is 2.31. The lowest BCUT2D eigenvalue weighted by atomic mass is 9.85. The molecule has 0 aliphatic carbocycles. The quantitative estimate of drug-likeness (QED) is 0.655. The predicted molar refractivity (Wildman–Crippen MR) is 74.9 cm³/mol. The topological polar surface area (TPSA) is 76.0 Å². The van der Waals surface area contributed by atoms with Crippen molar-refractivity contribution in [1.82, 2.24) is 0 Å². The SMILES string of the molecule is COc1cc(O)c2c(c1)OC(=O)C[C@H]2c1ccc(O)cc1. The Morgan fingerprint density at radius 3 is 2.57 bits per heavy atom. The average Bonchev–Trinajstić information content (AvgIpc) is 2.46. The number of fused-ring (bicyclic) bond motifs is 1. The first kappa shape index (κ1) is 13.3. The second kappa shape index (κ2) is 5.01. The van der Waals surface area contributed by atoms with E-state index in [4.69, 9.17) is 9.47 Å². The van der Waals surface area contributed by atoms with Crippen molar-refractivity contribution < 1.29 is 24.5 Å². The normalized spacial score (nSPS) is 17.0. The summed E-state index contributed by atoms with van der Waals surface area (Å²) in [5.41, 5.74) is 1.38. The van der Waals surface area contributed by atoms with Crippen LogP contribution in [0.25, 0.3) is 0 Å². The number of esters is 1. The number of aromatic hydroxyl groups is 2. The van der Waals surface area contributed by atoms with Crippen LogP contribution in [0.3, 0.4) is 0 Å². The zero-order valence-corrected chi connectivity index (χ0v) is 11.4. The van der Waals surface area contributed by atoms with Gasteiger partial charge in [0.15, 0.2) is 0 Å². The molecule has 1 atom stereocenters. The van der Waals surface area contributed by atoms with Gasteiger partial charge in [-0.3, -0.25) is 4.79 Å². The summed E-state index contributed by atoms with van der Waals surface area (Å²) >= 11 is 0. The number of phenolic OH excluding ortho intramolecular Hbond substituents is 2. The monoisotopic (exact) mass is 286 g/mol. The molecule has 1 aliphatic heterocycles. The van der Waals surface area contributed by atoms with Crippen molar-refractivity contribution in [2.75, 3.05) is 7.11 Å². The molecule has 2 N–H and O–H groups in total. The van der Waals surface area contributed by atoms with E-state index in [2.05, 4.69) is 0 Å². The Kier molecular flexibility index (Phi) is 3.17. The van der Waals surface area contributed by atoms with E-state index in [-0.39, 0.29) is 29.8 Å². The Hall–Kier alpha value is -2.69. The average molecular weight is 286 g/mol. The molecular formula is C16H14O5. The molecule has 0 aromatic heterocycles. The Morgan fingerprint density at radius 2 is 1.90 bits per heavy atom. The fraction of sp³-hybridized carbons (Fsp3) is 0.188. The van der Waals surface area contributed by atoms with Crippen molar-refractivity contribution in [1.29, 1.82) is 0 Å². The highest BCUT2D eigenvalue weighted by Crippen LogP contribution is 2.45. The van der Waals surface area contributed by atoms with Gasteiger partial charge in [0.2, 0.25) is 0 Å². The van der Waals surface area contributed by atoms with Gasteiger partial charge in [0.25, 0.3) is 0 Å². The Balaban J connectivity index is 2.13. The van der Waals surface area contributed by atoms with Crippen LogP contribution in [0.1, 0.15) is 23.5 Å². The Labute approximate surface area is 121 Å². The number of phenols is 2. The number of hydrogen-bond acceptors (Lipinski definition) is 5. The van der Waals surface area contributed by atoms with Crippen molar-refractivity contribution in [2.45, 2.75) is 12.3 Å². The van der Waals surface area contributed by atoms with Crippen LogP contribution in [-0.2, 0) is 4.79 Å². The molecule has 2 aromatic carbocycles. The van der Waals surface area contributed by atoms with E-state index < -0.39 is 0 Å². The number of rotatable bonds is 2. The van der Waals surface area contributed by atoms with E-state index in [0.717, 1.165) is 5.56 Å². The van der Waals surface area contributed by atoms with Crippen molar-refractivity contribution in [3.8, 4) is 23.0 Å². The summed E-state index contributed by atoms with van der Waals surface area (Å²) in [6.07, 6.45) is 0.137. The van der Waals surface area contributed by atoms with Crippen LogP contribution in [-0.4, -0.2) is 23.3 Å². The molecule has 2 aromatic rings. The number of hydrogen-bond donors (Lipinski definition) is 2. The third-order valence-electron chi connectivity index (χ3n) is 3.57. The Bertz CT molecular complexity index is 691. The Morgan fingerprint density at radius 1 is 1.19 bits per heavy atom. The van der Waals surface area contributed by atoms with Gasteiger partial charge in [-0.15, -0.1) is 0 Å². The minimum Gasteiger partial charge on any atom is -0.508 e. The molecular weight excluding hydrogens is 272 g/mol. The maximum atomic E-state index is 11.8. The summed E-state index contributed by atoms with van der Waals surface area (Å²) in [7, 11) is 1.48. The first-order valence-electron chi connectivity index (χ1n) is 6.49. The molecule has 0 spiro atoms. The maximum absolute atomic E-state index is 11.8. The van der Waals surface area contributed by atoms with Gasteiger partial charge in [0, 0.05) is 23.6 Å². The second-order valence-electron chi connectivity index (χ2n) is 4.88. The van der Waals surface area contributed by atoms with E-state index in [1.54, 1.807) is 30.3 Å². The van der Waals surface area contributed by atoms with Crippen molar-refractivity contribution in [3.63, 3.8) is 0 Å². The highest BCUT2D eigenvalue weighted by molar-refractivity contribution is 5.79. The molecule has 1 aliphatic rings. The maximum Gasteiger partial charge on any atom is 0.312 e. The summed E-state index contributed by atoms with van der Waals surface area (Å²) in [6, 6.07) is 9.63. The largest absolute Gasteiger partial charge is 0.508 e. The third kappa shape index (κ3) is 2.38. The summed E-state index contributed by atoms with van der Waals surface area (Å²) < 4.78 is 10.3. The van der Waals surface area contributed by atoms with Crippen LogP contribution < -0.4 is 9.47 Å². The number of ether oxygens (including phenoxy) is 2. The zero-order chi connectivity index (χ0) is 15.0. The minimum atomic E-state index is -0.367. The first-order chi connectivity index (χ1) is 10.1. The molecule has 0 unspecified atom stereocenters. The first-order valence-corrected chi connectivity index (χ1v) is 6.49. The molecule has 0 saturated heterocycles. The summed E-state index contributed by atoms with van der Waals surface area (Å²) in [5, 5.41) is 19.6. The van der Waals surface area contributed by atoms with E-state index in [9.17, 15) is 15.0 Å². The number of carbonyl (C=O) groups excluding carboxylic acids is 1. The van der Waals surface area contributed by atoms with Gasteiger partial charge in [-0.25, -0.2) is 0 Å². The van der Waals surface area contributed by atoms with Gasteiger partial charge in [-0.05, 0) is 17.7 Å². The molecule has 108 valence electrons. The van der Waals surface area contributed by atoms with Gasteiger partial charge >= 0.3 is 5.97 Å². The second-order valence-corrected chi connectivity index (χ2v) is 4.88. The van der Waals surface area contributed by atoms with Gasteiger partial charge in [0.1, 0.15) is 23.0 Å². The van der Waals surface area contributed by atoms with Gasteiger partial charge in [-0.2, -0.15) is 0 Å². The van der Waals surface area contributed by atoms with E-state index in [1.165, 1.54) is 13.2 Å². The lowest BCUT2D eigenvalue weighted by molar-refractivity contribution is -0.135. The molecule has 0 radical (unpaired) electrons. The van der Waals surface area contributed by atoms with Crippen LogP contribution in [0.4, 0.5) is 0 Å². The molecule has 5 heteroatoms. The molecule has 0 bridgehead atoms. The van der Waals surface area contributed by atoms with Gasteiger partial charge in [-0.1, -0.05) is 12.1 Å². The molecule has 0 fully saturated rings. The summed E-state index contributed by atoms with van der Waals surface area (Å²) in [4.78, 5) is 11.8. The van der Waals surface area contributed by atoms with Gasteiger partial charge < -0.3 is 19.7 Å².